The van der Waals surface area contributed by atoms with Crippen LogP contribution in [-0.2, 0) is 9.59 Å². The largest absolute Gasteiger partial charge is 0.387 e. The lowest BCUT2D eigenvalue weighted by atomic mass is 10.0. The van der Waals surface area contributed by atoms with E-state index < -0.39 is 6.10 Å². The molecule has 1 aliphatic rings. The number of carbonyl (C=O) groups is 2. The number of hydrogen-bond acceptors (Lipinski definition) is 3. The summed E-state index contributed by atoms with van der Waals surface area (Å²) < 4.78 is 0. The molecule has 3 rings (SSSR count). The summed E-state index contributed by atoms with van der Waals surface area (Å²) in [7, 11) is 0. The van der Waals surface area contributed by atoms with E-state index in [0.29, 0.717) is 12.5 Å². The van der Waals surface area contributed by atoms with Crippen LogP contribution in [0.15, 0.2) is 42.5 Å². The van der Waals surface area contributed by atoms with Crippen molar-refractivity contribution in [1.82, 2.24) is 10.6 Å². The Hall–Kier alpha value is -2.40. The fourth-order valence-electron chi connectivity index (χ4n) is 2.95. The number of aliphatic hydroxyl groups excluding tert-OH is 1. The van der Waals surface area contributed by atoms with Gasteiger partial charge in [-0.25, -0.2) is 0 Å². The van der Waals surface area contributed by atoms with Gasteiger partial charge in [0.2, 0.25) is 11.8 Å². The minimum atomic E-state index is -0.754. The molecule has 5 heteroatoms. The number of carbonyl (C=O) groups excluding carboxylic acids is 2. The van der Waals surface area contributed by atoms with Crippen molar-refractivity contribution in [2.24, 2.45) is 11.8 Å². The molecule has 1 fully saturated rings. The normalized spacial score (nSPS) is 20.1. The van der Waals surface area contributed by atoms with Gasteiger partial charge in [0.05, 0.1) is 6.10 Å². The Morgan fingerprint density at radius 2 is 1.88 bits per heavy atom. The van der Waals surface area contributed by atoms with Crippen LogP contribution in [0.4, 0.5) is 0 Å². The second-order valence-corrected chi connectivity index (χ2v) is 6.79. The number of amides is 2. The molecule has 0 heterocycles. The van der Waals surface area contributed by atoms with Crippen LogP contribution in [0.3, 0.4) is 0 Å². The minimum Gasteiger partial charge on any atom is -0.387 e. The summed E-state index contributed by atoms with van der Waals surface area (Å²) in [6.45, 7) is 2.54. The van der Waals surface area contributed by atoms with Gasteiger partial charge in [-0.2, -0.15) is 0 Å². The summed E-state index contributed by atoms with van der Waals surface area (Å²) in [4.78, 5) is 23.5. The zero-order valence-electron chi connectivity index (χ0n) is 14.4. The molecule has 3 N–H and O–H groups in total. The van der Waals surface area contributed by atoms with Gasteiger partial charge in [0.15, 0.2) is 0 Å². The number of fused-ring (bicyclic) bond motifs is 1. The highest BCUT2D eigenvalue weighted by Gasteiger charge is 2.38. The zero-order valence-corrected chi connectivity index (χ0v) is 14.4. The molecule has 2 aromatic rings. The zero-order chi connectivity index (χ0) is 17.8. The van der Waals surface area contributed by atoms with Crippen LogP contribution in [-0.4, -0.2) is 30.0 Å². The maximum Gasteiger partial charge on any atom is 0.223 e. The van der Waals surface area contributed by atoms with Crippen molar-refractivity contribution >= 4 is 22.6 Å². The molecule has 2 aromatic carbocycles. The Kier molecular flexibility index (Phi) is 5.34. The molecule has 0 radical (unpaired) electrons. The highest BCUT2D eigenvalue weighted by molar-refractivity contribution is 5.83. The van der Waals surface area contributed by atoms with Crippen LogP contribution < -0.4 is 10.6 Å². The molecular weight excluding hydrogens is 316 g/mol. The predicted octanol–water partition coefficient (Wildman–Crippen LogP) is 2.15. The molecule has 0 saturated heterocycles. The molecule has 0 aromatic heterocycles. The van der Waals surface area contributed by atoms with Gasteiger partial charge in [-0.05, 0) is 34.7 Å². The van der Waals surface area contributed by atoms with Gasteiger partial charge in [0.1, 0.15) is 0 Å². The third-order valence-corrected chi connectivity index (χ3v) is 4.75. The Labute approximate surface area is 147 Å². The second kappa shape index (κ2) is 7.66. The van der Waals surface area contributed by atoms with Gasteiger partial charge >= 0.3 is 0 Å². The summed E-state index contributed by atoms with van der Waals surface area (Å²) in [5.41, 5.74) is 0.773. The molecule has 0 unspecified atom stereocenters. The smallest absolute Gasteiger partial charge is 0.223 e. The number of aliphatic hydroxyl groups is 1. The van der Waals surface area contributed by atoms with Crippen LogP contribution in [0.5, 0.6) is 0 Å². The van der Waals surface area contributed by atoms with Crippen molar-refractivity contribution in [1.29, 1.82) is 0 Å². The van der Waals surface area contributed by atoms with E-state index in [1.54, 1.807) is 0 Å². The van der Waals surface area contributed by atoms with Crippen LogP contribution >= 0.6 is 0 Å². The molecular formula is C20H24N2O3. The third-order valence-electron chi connectivity index (χ3n) is 4.75. The van der Waals surface area contributed by atoms with E-state index in [1.807, 2.05) is 49.4 Å². The first-order valence-electron chi connectivity index (χ1n) is 8.76. The first-order valence-corrected chi connectivity index (χ1v) is 8.76. The lowest BCUT2D eigenvalue weighted by molar-refractivity contribution is -0.123. The Bertz CT molecular complexity index is 774. The summed E-state index contributed by atoms with van der Waals surface area (Å²) in [6, 6.07) is 13.7. The minimum absolute atomic E-state index is 0.0384. The van der Waals surface area contributed by atoms with Gasteiger partial charge in [-0.15, -0.1) is 0 Å². The summed E-state index contributed by atoms with van der Waals surface area (Å²) in [6.07, 6.45) is 0.406. The molecule has 2 amide bonds. The highest BCUT2D eigenvalue weighted by atomic mass is 16.3. The molecule has 25 heavy (non-hydrogen) atoms. The quantitative estimate of drug-likeness (QED) is 0.723. The predicted molar refractivity (Wildman–Crippen MR) is 96.8 cm³/mol. The fraction of sp³-hybridized carbons (Fsp3) is 0.400. The highest BCUT2D eigenvalue weighted by Crippen LogP contribution is 2.37. The van der Waals surface area contributed by atoms with Crippen LogP contribution in [0.2, 0.25) is 0 Å². The van der Waals surface area contributed by atoms with Crippen LogP contribution in [0.25, 0.3) is 10.8 Å². The maximum atomic E-state index is 11.8. The topological polar surface area (TPSA) is 78.4 Å². The van der Waals surface area contributed by atoms with Crippen molar-refractivity contribution in [2.45, 2.75) is 25.9 Å². The molecule has 0 spiro atoms. The van der Waals surface area contributed by atoms with E-state index in [0.717, 1.165) is 22.8 Å². The number of nitrogens with one attached hydrogen (secondary N) is 2. The number of rotatable bonds is 7. The molecule has 3 atom stereocenters. The Morgan fingerprint density at radius 3 is 2.60 bits per heavy atom. The van der Waals surface area contributed by atoms with Crippen LogP contribution in [0, 0.1) is 11.8 Å². The molecule has 5 nitrogen and oxygen atoms in total. The van der Waals surface area contributed by atoms with E-state index in [-0.39, 0.29) is 30.7 Å². The average Bonchev–Trinajstić information content (AvgIpc) is 3.36. The van der Waals surface area contributed by atoms with Gasteiger partial charge < -0.3 is 15.7 Å². The summed E-state index contributed by atoms with van der Waals surface area (Å²) in [5.74, 6) is 0.448. The first kappa shape index (κ1) is 17.4. The van der Waals surface area contributed by atoms with Crippen molar-refractivity contribution in [3.63, 3.8) is 0 Å². The van der Waals surface area contributed by atoms with Crippen molar-refractivity contribution in [2.75, 3.05) is 13.1 Å². The van der Waals surface area contributed by atoms with E-state index in [1.165, 1.54) is 0 Å². The lowest BCUT2D eigenvalue weighted by Crippen LogP contribution is -2.33. The van der Waals surface area contributed by atoms with Gasteiger partial charge in [-0.3, -0.25) is 9.59 Å². The van der Waals surface area contributed by atoms with Crippen LogP contribution in [0.1, 0.15) is 31.4 Å². The van der Waals surface area contributed by atoms with Crippen molar-refractivity contribution in [3.05, 3.63) is 48.0 Å². The van der Waals surface area contributed by atoms with E-state index in [4.69, 9.17) is 0 Å². The van der Waals surface area contributed by atoms with Crippen molar-refractivity contribution in [3.8, 4) is 0 Å². The van der Waals surface area contributed by atoms with Gasteiger partial charge in [0, 0.05) is 25.4 Å². The fourth-order valence-corrected chi connectivity index (χ4v) is 2.95. The van der Waals surface area contributed by atoms with E-state index in [9.17, 15) is 14.7 Å². The van der Waals surface area contributed by atoms with Crippen molar-refractivity contribution < 1.29 is 14.7 Å². The third kappa shape index (κ3) is 4.57. The Morgan fingerprint density at radius 1 is 1.16 bits per heavy atom. The molecule has 0 bridgehead atoms. The SMILES string of the molecule is C[C@@H]1C[C@@H]1C(=O)NCCC(=O)NC[C@H](O)c1ccc2ccccc2c1. The monoisotopic (exact) mass is 340 g/mol. The maximum absolute atomic E-state index is 11.8. The van der Waals surface area contributed by atoms with E-state index in [2.05, 4.69) is 10.6 Å². The standard InChI is InChI=1S/C20H24N2O3/c1-13-10-17(13)20(25)21-9-8-19(24)22-12-18(23)16-7-6-14-4-2-3-5-15(14)11-16/h2-7,11,13,17-18,23H,8-10,12H2,1H3,(H,21,25)(H,22,24)/t13-,17+,18+/m1/s1. The molecule has 132 valence electrons. The van der Waals surface area contributed by atoms with Gasteiger partial charge in [0.25, 0.3) is 0 Å². The molecule has 1 aliphatic carbocycles. The van der Waals surface area contributed by atoms with Gasteiger partial charge in [-0.1, -0.05) is 43.3 Å². The molecule has 0 aliphatic heterocycles. The number of benzene rings is 2. The summed E-state index contributed by atoms with van der Waals surface area (Å²) in [5, 5.41) is 17.9. The first-order chi connectivity index (χ1) is 12.0. The summed E-state index contributed by atoms with van der Waals surface area (Å²) >= 11 is 0. The Balaban J connectivity index is 1.42. The average molecular weight is 340 g/mol. The second-order valence-electron chi connectivity index (χ2n) is 6.79. The number of hydrogen-bond donors (Lipinski definition) is 3. The lowest BCUT2D eigenvalue weighted by Gasteiger charge is -2.13. The molecule has 1 saturated carbocycles. The van der Waals surface area contributed by atoms with E-state index >= 15 is 0 Å².